The van der Waals surface area contributed by atoms with Crippen LogP contribution in [0.25, 0.3) is 10.8 Å². The lowest BCUT2D eigenvalue weighted by Gasteiger charge is -2.36. The molecule has 3 fully saturated rings. The Morgan fingerprint density at radius 2 is 1.90 bits per heavy atom. The molecule has 3 atom stereocenters. The van der Waals surface area contributed by atoms with Crippen molar-refractivity contribution in [1.29, 1.82) is 0 Å². The maximum absolute atomic E-state index is 13.6. The van der Waals surface area contributed by atoms with Crippen LogP contribution in [0.2, 0.25) is 0 Å². The summed E-state index contributed by atoms with van der Waals surface area (Å²) in [6, 6.07) is 16.1. The Balaban J connectivity index is 1.12. The Bertz CT molecular complexity index is 1340. The third kappa shape index (κ3) is 5.73. The summed E-state index contributed by atoms with van der Waals surface area (Å²) in [5.74, 6) is 0.368. The summed E-state index contributed by atoms with van der Waals surface area (Å²) in [5, 5.41) is 16.4. The molecule has 2 N–H and O–H groups in total. The minimum atomic E-state index is -0.826. The predicted octanol–water partition coefficient (Wildman–Crippen LogP) is 3.82. The molecule has 3 aromatic carbocycles. The van der Waals surface area contributed by atoms with Crippen molar-refractivity contribution in [2.75, 3.05) is 50.8 Å². The Morgan fingerprint density at radius 1 is 1.10 bits per heavy atom. The van der Waals surface area contributed by atoms with Gasteiger partial charge in [0.1, 0.15) is 23.8 Å². The second kappa shape index (κ2) is 11.1. The summed E-state index contributed by atoms with van der Waals surface area (Å²) in [6.45, 7) is 7.15. The number of ether oxygens (including phenoxy) is 2. The number of hydrogen-bond acceptors (Lipinski definition) is 6. The zero-order valence-electron chi connectivity index (χ0n) is 22.3. The van der Waals surface area contributed by atoms with Crippen molar-refractivity contribution in [1.82, 2.24) is 10.2 Å². The largest absolute Gasteiger partial charge is 0.485 e. The first kappa shape index (κ1) is 26.0. The Morgan fingerprint density at radius 3 is 2.62 bits per heavy atom. The molecule has 8 heteroatoms. The number of aliphatic hydroxyl groups excluding tert-OH is 1. The van der Waals surface area contributed by atoms with Gasteiger partial charge < -0.3 is 29.7 Å². The molecule has 39 heavy (non-hydrogen) atoms. The second-order valence-electron chi connectivity index (χ2n) is 11.1. The summed E-state index contributed by atoms with van der Waals surface area (Å²) in [6.07, 6.45) is 1.15. The van der Waals surface area contributed by atoms with Gasteiger partial charge in [-0.15, -0.1) is 0 Å². The third-order valence-corrected chi connectivity index (χ3v) is 8.26. The first-order valence-electron chi connectivity index (χ1n) is 13.9. The average molecular weight is 534 g/mol. The van der Waals surface area contributed by atoms with Gasteiger partial charge in [-0.2, -0.15) is 0 Å². The lowest BCUT2D eigenvalue weighted by Crippen LogP contribution is -2.52. The zero-order chi connectivity index (χ0) is 26.9. The van der Waals surface area contributed by atoms with Gasteiger partial charge in [0.05, 0.1) is 25.2 Å². The molecule has 3 unspecified atom stereocenters. The van der Waals surface area contributed by atoms with Gasteiger partial charge in [0, 0.05) is 25.3 Å². The molecule has 0 aromatic heterocycles. The Kier molecular flexibility index (Phi) is 7.42. The minimum absolute atomic E-state index is 0.0217. The molecule has 0 spiro atoms. The summed E-state index contributed by atoms with van der Waals surface area (Å²) in [5.41, 5.74) is 2.76. The van der Waals surface area contributed by atoms with E-state index in [4.69, 9.17) is 9.47 Å². The summed E-state index contributed by atoms with van der Waals surface area (Å²) in [7, 11) is 0. The maximum Gasteiger partial charge on any atom is 0.225 e. The topological polar surface area (TPSA) is 74.3 Å². The van der Waals surface area contributed by atoms with Gasteiger partial charge in [-0.3, -0.25) is 4.79 Å². The summed E-state index contributed by atoms with van der Waals surface area (Å²) in [4.78, 5) is 17.9. The van der Waals surface area contributed by atoms with Crippen molar-refractivity contribution in [2.45, 2.75) is 38.0 Å². The lowest BCUT2D eigenvalue weighted by atomic mass is 9.97. The van der Waals surface area contributed by atoms with E-state index in [9.17, 15) is 14.3 Å². The quantitative estimate of drug-likeness (QED) is 0.436. The Labute approximate surface area is 228 Å². The van der Waals surface area contributed by atoms with Crippen LogP contribution in [0.4, 0.5) is 10.1 Å². The molecule has 0 radical (unpaired) electrons. The fraction of sp³-hybridized carbons (Fsp3) is 0.452. The normalized spacial score (nSPS) is 21.3. The average Bonchev–Trinajstić information content (AvgIpc) is 3.38. The fourth-order valence-corrected chi connectivity index (χ4v) is 5.66. The first-order valence-corrected chi connectivity index (χ1v) is 13.9. The molecule has 0 bridgehead atoms. The minimum Gasteiger partial charge on any atom is -0.485 e. The summed E-state index contributed by atoms with van der Waals surface area (Å²) >= 11 is 0. The van der Waals surface area contributed by atoms with Gasteiger partial charge >= 0.3 is 0 Å². The highest BCUT2D eigenvalue weighted by Crippen LogP contribution is 2.30. The molecule has 0 saturated carbocycles. The number of hydrogen-bond donors (Lipinski definition) is 2. The number of nitrogens with one attached hydrogen (secondary N) is 1. The van der Waals surface area contributed by atoms with Crippen LogP contribution in [-0.4, -0.2) is 74.0 Å². The number of amides is 1. The molecular weight excluding hydrogens is 497 g/mol. The highest BCUT2D eigenvalue weighted by Gasteiger charge is 2.33. The number of carbonyl (C=O) groups is 1. The number of fused-ring (bicyclic) bond motifs is 1. The van der Waals surface area contributed by atoms with Gasteiger partial charge in [0.2, 0.25) is 5.91 Å². The SMILES string of the molecule is Cc1cc(C(O)C(CN2CCC2)NC(=O)C2CCN(c3ccc4cc(F)ccc4c3)C2)ccc1OC1COC1. The van der Waals surface area contributed by atoms with Crippen LogP contribution in [0.3, 0.4) is 0 Å². The number of nitrogens with zero attached hydrogens (tertiary/aromatic N) is 2. The highest BCUT2D eigenvalue weighted by molar-refractivity contribution is 5.86. The van der Waals surface area contributed by atoms with Gasteiger partial charge in [0.25, 0.3) is 0 Å². The highest BCUT2D eigenvalue weighted by atomic mass is 19.1. The zero-order valence-corrected chi connectivity index (χ0v) is 22.3. The standard InChI is InChI=1S/C31H36FN3O4/c1-20-13-23(5-8-29(20)39-27-18-38-19-27)30(36)28(17-34-10-2-11-34)33-31(37)24-9-12-35(16-24)26-7-4-21-14-25(32)6-3-22(21)15-26/h3-8,13-15,24,27-28,30,36H,2,9-12,16-19H2,1H3,(H,33,37). The van der Waals surface area contributed by atoms with E-state index in [2.05, 4.69) is 21.2 Å². The molecule has 0 aliphatic carbocycles. The molecule has 7 nitrogen and oxygen atoms in total. The van der Waals surface area contributed by atoms with Crippen LogP contribution in [-0.2, 0) is 9.53 Å². The summed E-state index contributed by atoms with van der Waals surface area (Å²) < 4.78 is 24.7. The first-order chi connectivity index (χ1) is 18.9. The van der Waals surface area contributed by atoms with Crippen LogP contribution in [0.1, 0.15) is 30.1 Å². The van der Waals surface area contributed by atoms with E-state index in [0.29, 0.717) is 26.3 Å². The number of benzene rings is 3. The molecule has 1 amide bonds. The van der Waals surface area contributed by atoms with Crippen molar-refractivity contribution < 1.29 is 23.8 Å². The van der Waals surface area contributed by atoms with Crippen molar-refractivity contribution in [3.63, 3.8) is 0 Å². The third-order valence-electron chi connectivity index (χ3n) is 8.26. The smallest absolute Gasteiger partial charge is 0.225 e. The molecule has 3 aromatic rings. The number of likely N-dealkylation sites (tertiary alicyclic amines) is 1. The monoisotopic (exact) mass is 533 g/mol. The Hall–Kier alpha value is -3.20. The van der Waals surface area contributed by atoms with Crippen LogP contribution in [0.5, 0.6) is 5.75 Å². The molecule has 3 aliphatic rings. The van der Waals surface area contributed by atoms with Gasteiger partial charge in [-0.25, -0.2) is 4.39 Å². The van der Waals surface area contributed by atoms with Gasteiger partial charge in [0.15, 0.2) is 0 Å². The van der Waals surface area contributed by atoms with Crippen LogP contribution < -0.4 is 15.0 Å². The fourth-order valence-electron chi connectivity index (χ4n) is 5.66. The molecule has 206 valence electrons. The van der Waals surface area contributed by atoms with Crippen molar-refractivity contribution in [2.24, 2.45) is 5.92 Å². The number of aryl methyl sites for hydroxylation is 1. The lowest BCUT2D eigenvalue weighted by molar-refractivity contribution is -0.126. The number of rotatable bonds is 9. The van der Waals surface area contributed by atoms with E-state index in [1.165, 1.54) is 12.1 Å². The number of halogens is 1. The van der Waals surface area contributed by atoms with Crippen LogP contribution in [0, 0.1) is 18.7 Å². The van der Waals surface area contributed by atoms with Crippen molar-refractivity contribution in [3.8, 4) is 5.75 Å². The van der Waals surface area contributed by atoms with Gasteiger partial charge in [-0.1, -0.05) is 18.2 Å². The van der Waals surface area contributed by atoms with Crippen molar-refractivity contribution >= 4 is 22.4 Å². The molecular formula is C31H36FN3O4. The van der Waals surface area contributed by atoms with E-state index in [1.54, 1.807) is 6.07 Å². The van der Waals surface area contributed by atoms with Crippen LogP contribution >= 0.6 is 0 Å². The molecule has 3 aliphatic heterocycles. The molecule has 3 saturated heterocycles. The van der Waals surface area contributed by atoms with Gasteiger partial charge in [-0.05, 0) is 91.2 Å². The van der Waals surface area contributed by atoms with Crippen molar-refractivity contribution in [3.05, 3.63) is 71.5 Å². The molecule has 6 rings (SSSR count). The second-order valence-corrected chi connectivity index (χ2v) is 11.1. The predicted molar refractivity (Wildman–Crippen MR) is 149 cm³/mol. The number of aliphatic hydroxyl groups is 1. The maximum atomic E-state index is 13.6. The number of anilines is 1. The van der Waals surface area contributed by atoms with E-state index < -0.39 is 12.1 Å². The van der Waals surface area contributed by atoms with E-state index in [1.807, 2.05) is 37.3 Å². The van der Waals surface area contributed by atoms with E-state index >= 15 is 0 Å². The van der Waals surface area contributed by atoms with E-state index in [0.717, 1.165) is 65.8 Å². The molecule has 3 heterocycles. The van der Waals surface area contributed by atoms with Crippen LogP contribution in [0.15, 0.2) is 54.6 Å². The van der Waals surface area contributed by atoms with E-state index in [-0.39, 0.29) is 23.7 Å². The number of carbonyl (C=O) groups excluding carboxylic acids is 1.